The molecular weight excluding hydrogens is 240 g/mol. The summed E-state index contributed by atoms with van der Waals surface area (Å²) in [5, 5.41) is 9.47. The molecule has 0 saturated carbocycles. The molecule has 0 bridgehead atoms. The van der Waals surface area contributed by atoms with Crippen LogP contribution in [-0.4, -0.2) is 18.2 Å². The van der Waals surface area contributed by atoms with Crippen LogP contribution in [-0.2, 0) is 0 Å². The summed E-state index contributed by atoms with van der Waals surface area (Å²) in [5.74, 6) is 0.477. The minimum atomic E-state index is -0.0434. The molecule has 4 nitrogen and oxygen atoms in total. The number of hydrogen-bond donors (Lipinski definition) is 1. The van der Waals surface area contributed by atoms with Crippen LogP contribution in [0.4, 0.5) is 0 Å². The lowest BCUT2D eigenvalue weighted by atomic mass is 10.2. The lowest BCUT2D eigenvalue weighted by Gasteiger charge is -2.03. The highest BCUT2D eigenvalue weighted by Crippen LogP contribution is 2.46. The number of phenols is 1. The lowest BCUT2D eigenvalue weighted by Crippen LogP contribution is -1.94. The van der Waals surface area contributed by atoms with E-state index in [0.29, 0.717) is 22.1 Å². The molecule has 0 fully saturated rings. The first-order chi connectivity index (χ1) is 6.24. The van der Waals surface area contributed by atoms with Crippen molar-refractivity contribution in [2.75, 3.05) is 6.79 Å². The molecule has 0 radical (unpaired) electrons. The van der Waals surface area contributed by atoms with E-state index in [1.165, 1.54) is 6.07 Å². The highest BCUT2D eigenvalue weighted by molar-refractivity contribution is 9.10. The zero-order valence-electron chi connectivity index (χ0n) is 6.41. The van der Waals surface area contributed by atoms with Crippen LogP contribution in [0.25, 0.3) is 0 Å². The largest absolute Gasteiger partial charge is 0.503 e. The molecule has 0 amide bonds. The van der Waals surface area contributed by atoms with Crippen molar-refractivity contribution in [1.82, 2.24) is 0 Å². The Morgan fingerprint density at radius 1 is 1.46 bits per heavy atom. The quantitative estimate of drug-likeness (QED) is 0.765. The first-order valence-corrected chi connectivity index (χ1v) is 4.29. The van der Waals surface area contributed by atoms with E-state index < -0.39 is 0 Å². The van der Waals surface area contributed by atoms with E-state index in [-0.39, 0.29) is 18.3 Å². The molecule has 1 aliphatic heterocycles. The van der Waals surface area contributed by atoms with E-state index in [1.807, 2.05) is 0 Å². The zero-order valence-corrected chi connectivity index (χ0v) is 8.00. The Hall–Kier alpha value is -1.23. The van der Waals surface area contributed by atoms with E-state index in [2.05, 4.69) is 15.9 Å². The number of carbonyl (C=O) groups is 1. The summed E-state index contributed by atoms with van der Waals surface area (Å²) in [6, 6.07) is 1.48. The van der Waals surface area contributed by atoms with Gasteiger partial charge in [0, 0.05) is 0 Å². The molecule has 1 aliphatic rings. The molecule has 1 aromatic rings. The number of fused-ring (bicyclic) bond motifs is 1. The molecule has 2 rings (SSSR count). The topological polar surface area (TPSA) is 55.8 Å². The average Bonchev–Trinajstić information content (AvgIpc) is 2.60. The van der Waals surface area contributed by atoms with Crippen molar-refractivity contribution in [3.05, 3.63) is 16.1 Å². The number of halogens is 1. The van der Waals surface area contributed by atoms with Gasteiger partial charge < -0.3 is 14.6 Å². The van der Waals surface area contributed by atoms with Gasteiger partial charge in [-0.15, -0.1) is 0 Å². The van der Waals surface area contributed by atoms with Gasteiger partial charge in [-0.1, -0.05) is 0 Å². The van der Waals surface area contributed by atoms with Gasteiger partial charge in [-0.25, -0.2) is 0 Å². The van der Waals surface area contributed by atoms with Gasteiger partial charge in [0.1, 0.15) is 0 Å². The highest BCUT2D eigenvalue weighted by Gasteiger charge is 2.23. The van der Waals surface area contributed by atoms with Crippen LogP contribution in [0.2, 0.25) is 0 Å². The van der Waals surface area contributed by atoms with Gasteiger partial charge in [0.25, 0.3) is 0 Å². The van der Waals surface area contributed by atoms with Crippen molar-refractivity contribution in [3.8, 4) is 17.2 Å². The molecule has 0 saturated heterocycles. The number of aldehydes is 1. The number of ether oxygens (including phenoxy) is 2. The number of rotatable bonds is 1. The number of phenolic OH excluding ortho intramolecular Hbond substituents is 1. The fourth-order valence-corrected chi connectivity index (χ4v) is 1.56. The van der Waals surface area contributed by atoms with Crippen molar-refractivity contribution in [3.63, 3.8) is 0 Å². The maximum Gasteiger partial charge on any atom is 0.231 e. The SMILES string of the molecule is O=Cc1cc(Br)c(O)c2c1OCO2. The predicted octanol–water partition coefficient (Wildman–Crippen LogP) is 1.70. The molecule has 1 N–H and O–H groups in total. The Balaban J connectivity index is 2.70. The monoisotopic (exact) mass is 244 g/mol. The standard InChI is InChI=1S/C8H5BrO4/c9-5-1-4(2-10)7-8(6(5)11)13-3-12-7/h1-2,11H,3H2. The molecule has 68 valence electrons. The summed E-state index contributed by atoms with van der Waals surface area (Å²) < 4.78 is 10.4. The van der Waals surface area contributed by atoms with Gasteiger partial charge in [-0.2, -0.15) is 0 Å². The third kappa shape index (κ3) is 1.16. The number of carbonyl (C=O) groups excluding carboxylic acids is 1. The summed E-state index contributed by atoms with van der Waals surface area (Å²) in [6.45, 7) is 0.0280. The second-order valence-corrected chi connectivity index (χ2v) is 3.33. The molecule has 5 heteroatoms. The molecule has 0 unspecified atom stereocenters. The number of aromatic hydroxyl groups is 1. The maximum atomic E-state index is 10.6. The summed E-state index contributed by atoms with van der Waals surface area (Å²) >= 11 is 3.10. The zero-order chi connectivity index (χ0) is 9.42. The van der Waals surface area contributed by atoms with Gasteiger partial charge >= 0.3 is 0 Å². The fourth-order valence-electron chi connectivity index (χ4n) is 1.14. The number of benzene rings is 1. The third-order valence-corrected chi connectivity index (χ3v) is 2.33. The second kappa shape index (κ2) is 2.92. The summed E-state index contributed by atoms with van der Waals surface area (Å²) in [5.41, 5.74) is 0.358. The first-order valence-electron chi connectivity index (χ1n) is 3.50. The van der Waals surface area contributed by atoms with E-state index >= 15 is 0 Å². The van der Waals surface area contributed by atoms with Crippen LogP contribution in [0, 0.1) is 0 Å². The van der Waals surface area contributed by atoms with Crippen molar-refractivity contribution >= 4 is 22.2 Å². The van der Waals surface area contributed by atoms with Gasteiger partial charge in [-0.3, -0.25) is 4.79 Å². The smallest absolute Gasteiger partial charge is 0.231 e. The van der Waals surface area contributed by atoms with Crippen LogP contribution < -0.4 is 9.47 Å². The van der Waals surface area contributed by atoms with Gasteiger partial charge in [0.05, 0.1) is 10.0 Å². The van der Waals surface area contributed by atoms with Crippen LogP contribution in [0.1, 0.15) is 10.4 Å². The normalized spacial score (nSPS) is 13.0. The molecule has 1 heterocycles. The second-order valence-electron chi connectivity index (χ2n) is 2.48. The Morgan fingerprint density at radius 2 is 2.15 bits per heavy atom. The van der Waals surface area contributed by atoms with Crippen LogP contribution in [0.5, 0.6) is 17.2 Å². The Kier molecular flexibility index (Phi) is 1.88. The van der Waals surface area contributed by atoms with E-state index in [1.54, 1.807) is 0 Å². The number of hydrogen-bond acceptors (Lipinski definition) is 4. The van der Waals surface area contributed by atoms with E-state index in [0.717, 1.165) is 0 Å². The predicted molar refractivity (Wildman–Crippen MR) is 47.3 cm³/mol. The fraction of sp³-hybridized carbons (Fsp3) is 0.125. The summed E-state index contributed by atoms with van der Waals surface area (Å²) in [4.78, 5) is 10.6. The summed E-state index contributed by atoms with van der Waals surface area (Å²) in [7, 11) is 0. The Morgan fingerprint density at radius 3 is 2.85 bits per heavy atom. The van der Waals surface area contributed by atoms with Gasteiger partial charge in [0.15, 0.2) is 17.8 Å². The Bertz CT molecular complexity index is 375. The van der Waals surface area contributed by atoms with E-state index in [9.17, 15) is 9.90 Å². The molecule has 0 aromatic heterocycles. The molecule has 0 aliphatic carbocycles. The molecule has 0 atom stereocenters. The van der Waals surface area contributed by atoms with Gasteiger partial charge in [0.2, 0.25) is 12.5 Å². The Labute approximate surface area is 82.2 Å². The maximum absolute atomic E-state index is 10.6. The minimum Gasteiger partial charge on any atom is -0.503 e. The van der Waals surface area contributed by atoms with Crippen LogP contribution in [0.15, 0.2) is 10.5 Å². The van der Waals surface area contributed by atoms with Crippen molar-refractivity contribution in [2.24, 2.45) is 0 Å². The first kappa shape index (κ1) is 8.37. The molecule has 0 spiro atoms. The lowest BCUT2D eigenvalue weighted by molar-refractivity contribution is 0.111. The molecular formula is C8H5BrO4. The summed E-state index contributed by atoms with van der Waals surface area (Å²) in [6.07, 6.45) is 0.651. The van der Waals surface area contributed by atoms with Crippen LogP contribution in [0.3, 0.4) is 0 Å². The van der Waals surface area contributed by atoms with Crippen molar-refractivity contribution in [2.45, 2.75) is 0 Å². The third-order valence-electron chi connectivity index (χ3n) is 1.73. The average molecular weight is 245 g/mol. The molecule has 13 heavy (non-hydrogen) atoms. The van der Waals surface area contributed by atoms with E-state index in [4.69, 9.17) is 9.47 Å². The highest BCUT2D eigenvalue weighted by atomic mass is 79.9. The van der Waals surface area contributed by atoms with Crippen LogP contribution >= 0.6 is 15.9 Å². The molecule has 1 aromatic carbocycles. The van der Waals surface area contributed by atoms with Crippen molar-refractivity contribution in [1.29, 1.82) is 0 Å². The minimum absolute atomic E-state index is 0.0280. The van der Waals surface area contributed by atoms with Gasteiger partial charge in [-0.05, 0) is 22.0 Å². The van der Waals surface area contributed by atoms with Crippen molar-refractivity contribution < 1.29 is 19.4 Å².